The zero-order valence-electron chi connectivity index (χ0n) is 15.9. The van der Waals surface area contributed by atoms with Crippen molar-refractivity contribution in [1.29, 1.82) is 0 Å². The number of phosphoric acid groups is 1. The van der Waals surface area contributed by atoms with E-state index >= 15 is 0 Å². The highest BCUT2D eigenvalue weighted by atomic mass is 32.7. The summed E-state index contributed by atoms with van der Waals surface area (Å²) in [5.74, 6) is 0. The molecule has 5 atom stereocenters. The van der Waals surface area contributed by atoms with Crippen LogP contribution in [-0.4, -0.2) is 79.2 Å². The van der Waals surface area contributed by atoms with Crippen molar-refractivity contribution in [1.82, 2.24) is 9.55 Å². The Kier molecular flexibility index (Phi) is 8.07. The first-order valence-corrected chi connectivity index (χ1v) is 12.9. The zero-order valence-corrected chi connectivity index (χ0v) is 18.5. The Hall–Kier alpha value is -0.660. The highest BCUT2D eigenvalue weighted by Crippen LogP contribution is 2.61. The van der Waals surface area contributed by atoms with Crippen molar-refractivity contribution in [3.05, 3.63) is 33.1 Å². The second-order valence-electron chi connectivity index (χ2n) is 5.98. The summed E-state index contributed by atoms with van der Waals surface area (Å²) >= 11 is 0.708. The molecule has 1 fully saturated rings. The highest BCUT2D eigenvalue weighted by molar-refractivity contribution is 8.54. The maximum absolute atomic E-state index is 12.7. The number of rotatable bonds is 9. The second-order valence-corrected chi connectivity index (χ2v) is 11.4. The van der Waals surface area contributed by atoms with Crippen LogP contribution >= 0.6 is 26.0 Å². The maximum atomic E-state index is 12.7. The largest absolute Gasteiger partial charge is 0.468 e. The van der Waals surface area contributed by atoms with Crippen molar-refractivity contribution < 1.29 is 42.0 Å². The van der Waals surface area contributed by atoms with Gasteiger partial charge in [-0.05, 0) is 17.6 Å². The molecule has 0 aliphatic carbocycles. The van der Waals surface area contributed by atoms with E-state index < -0.39 is 55.8 Å². The summed E-state index contributed by atoms with van der Waals surface area (Å²) < 4.78 is 50.6. The predicted octanol–water partition coefficient (Wildman–Crippen LogP) is -0.948. The van der Waals surface area contributed by atoms with Crippen molar-refractivity contribution in [3.8, 4) is 0 Å². The van der Waals surface area contributed by atoms with E-state index in [1.165, 1.54) is 13.4 Å². The lowest BCUT2D eigenvalue weighted by Gasteiger charge is -2.36. The molecule has 5 unspecified atom stereocenters. The van der Waals surface area contributed by atoms with E-state index in [1.807, 2.05) is 4.98 Å². The molecule has 30 heavy (non-hydrogen) atoms. The number of phosphoric ester groups is 1. The van der Waals surface area contributed by atoms with Crippen LogP contribution in [0.2, 0.25) is 0 Å². The molecule has 0 spiro atoms. The first kappa shape index (κ1) is 25.6. The van der Waals surface area contributed by atoms with Crippen LogP contribution < -0.4 is 11.2 Å². The van der Waals surface area contributed by atoms with Crippen molar-refractivity contribution in [2.45, 2.75) is 29.9 Å². The maximum Gasteiger partial charge on any atom is 0.468 e. The van der Waals surface area contributed by atoms with E-state index in [4.69, 9.17) is 44.0 Å². The van der Waals surface area contributed by atoms with Gasteiger partial charge in [0.25, 0.3) is 5.56 Å². The Bertz CT molecular complexity index is 958. The average Bonchev–Trinajstić information content (AvgIpc) is 2.98. The Morgan fingerprint density at radius 2 is 1.90 bits per heavy atom. The summed E-state index contributed by atoms with van der Waals surface area (Å²) in [5.41, 5.74) is -1.58. The first-order valence-electron chi connectivity index (χ1n) is 8.00. The number of H-pyrrole nitrogens is 1. The standard InChI is InChI=1S/C12H18B2N2O11P2S/c1-23-8-7(26-29(22,24-2)30-3)9(12(13,14)27-28(19,20)21)25-10(8)16-5-4-6(17)15-11(16)18/h4-5,7-10H,1-3H3,(H,15,17,18)(H2,19,20,21). The van der Waals surface area contributed by atoms with E-state index in [0.29, 0.717) is 11.4 Å². The van der Waals surface area contributed by atoms with Gasteiger partial charge in [-0.2, -0.15) is 0 Å². The van der Waals surface area contributed by atoms with Crippen LogP contribution in [0.4, 0.5) is 0 Å². The number of methoxy groups -OCH3 is 1. The lowest BCUT2D eigenvalue weighted by atomic mass is 9.61. The van der Waals surface area contributed by atoms with Crippen LogP contribution in [0.3, 0.4) is 0 Å². The number of ether oxygens (including phenoxy) is 2. The smallest absolute Gasteiger partial charge is 0.374 e. The summed E-state index contributed by atoms with van der Waals surface area (Å²) in [4.78, 5) is 43.8. The fourth-order valence-electron chi connectivity index (χ4n) is 2.79. The Morgan fingerprint density at radius 1 is 1.27 bits per heavy atom. The van der Waals surface area contributed by atoms with Crippen molar-refractivity contribution in [2.24, 2.45) is 0 Å². The van der Waals surface area contributed by atoms with Crippen LogP contribution in [0.1, 0.15) is 6.23 Å². The third-order valence-electron chi connectivity index (χ3n) is 4.01. The molecule has 0 bridgehead atoms. The van der Waals surface area contributed by atoms with Gasteiger partial charge in [-0.3, -0.25) is 23.4 Å². The van der Waals surface area contributed by atoms with E-state index in [-0.39, 0.29) is 0 Å². The fraction of sp³-hybridized carbons (Fsp3) is 0.667. The number of aromatic amines is 1. The van der Waals surface area contributed by atoms with Gasteiger partial charge in [0.15, 0.2) is 6.23 Å². The van der Waals surface area contributed by atoms with Crippen molar-refractivity contribution >= 4 is 41.7 Å². The second kappa shape index (κ2) is 9.45. The molecule has 1 aromatic heterocycles. The molecule has 2 rings (SSSR count). The fourth-order valence-corrected chi connectivity index (χ4v) is 5.16. The van der Waals surface area contributed by atoms with Gasteiger partial charge in [-0.15, -0.1) is 0 Å². The highest BCUT2D eigenvalue weighted by Gasteiger charge is 2.56. The average molecular weight is 482 g/mol. The molecule has 4 radical (unpaired) electrons. The summed E-state index contributed by atoms with van der Waals surface area (Å²) in [5, 5.41) is -2.68. The summed E-state index contributed by atoms with van der Waals surface area (Å²) in [7, 11) is 8.57. The van der Waals surface area contributed by atoms with E-state index in [0.717, 1.165) is 23.9 Å². The Balaban J connectivity index is 2.56. The monoisotopic (exact) mass is 482 g/mol. The summed E-state index contributed by atoms with van der Waals surface area (Å²) in [6.45, 7) is -3.83. The van der Waals surface area contributed by atoms with Crippen LogP contribution in [-0.2, 0) is 32.2 Å². The quantitative estimate of drug-likeness (QED) is 0.291. The normalized spacial score (nSPS) is 27.1. The van der Waals surface area contributed by atoms with Gasteiger partial charge in [0.2, 0.25) is 0 Å². The molecule has 164 valence electrons. The molecular formula is C12H18B2N2O11P2S. The van der Waals surface area contributed by atoms with E-state index in [2.05, 4.69) is 4.52 Å². The minimum absolute atomic E-state index is 0.685. The topological polar surface area (TPSA) is 176 Å². The molecule has 18 heteroatoms. The number of nitrogens with zero attached hydrogens (tertiary/aromatic N) is 1. The lowest BCUT2D eigenvalue weighted by Crippen LogP contribution is -2.52. The molecule has 1 aliphatic rings. The van der Waals surface area contributed by atoms with Gasteiger partial charge >= 0.3 is 20.3 Å². The minimum atomic E-state index is -5.22. The summed E-state index contributed by atoms with van der Waals surface area (Å²) in [6.07, 6.45) is -3.31. The van der Waals surface area contributed by atoms with Crippen LogP contribution in [0.25, 0.3) is 0 Å². The molecular weight excluding hydrogens is 464 g/mol. The van der Waals surface area contributed by atoms with Gasteiger partial charge in [0.05, 0.1) is 0 Å². The van der Waals surface area contributed by atoms with Gasteiger partial charge in [0, 0.05) is 31.9 Å². The number of hydrogen-bond donors (Lipinski definition) is 3. The summed E-state index contributed by atoms with van der Waals surface area (Å²) in [6, 6.07) is 1.02. The predicted molar refractivity (Wildman–Crippen MR) is 106 cm³/mol. The van der Waals surface area contributed by atoms with Gasteiger partial charge in [-0.25, -0.2) is 13.9 Å². The Labute approximate surface area is 177 Å². The van der Waals surface area contributed by atoms with Gasteiger partial charge in [-0.1, -0.05) is 0 Å². The van der Waals surface area contributed by atoms with E-state index in [1.54, 1.807) is 0 Å². The number of nitrogens with one attached hydrogen (secondary N) is 1. The van der Waals surface area contributed by atoms with E-state index in [9.17, 15) is 18.7 Å². The third kappa shape index (κ3) is 5.77. The third-order valence-corrected chi connectivity index (χ3v) is 8.00. The molecule has 0 saturated carbocycles. The van der Waals surface area contributed by atoms with Gasteiger partial charge in [0.1, 0.15) is 34.0 Å². The number of aromatic nitrogens is 2. The van der Waals surface area contributed by atoms with Gasteiger partial charge < -0.3 is 23.8 Å². The Morgan fingerprint density at radius 3 is 2.37 bits per heavy atom. The molecule has 2 heterocycles. The SMILES string of the molecule is [B]C([B])(OP(=O)(O)O)C1OC(n2ccc(=O)[nH]c2=O)C(OC)C1OP(=O)(OC)SC. The van der Waals surface area contributed by atoms with Crippen LogP contribution in [0.5, 0.6) is 0 Å². The molecule has 1 aliphatic heterocycles. The molecule has 1 aromatic rings. The molecule has 13 nitrogen and oxygen atoms in total. The van der Waals surface area contributed by atoms with Crippen LogP contribution in [0, 0.1) is 0 Å². The van der Waals surface area contributed by atoms with Crippen molar-refractivity contribution in [2.75, 3.05) is 20.5 Å². The molecule has 0 amide bonds. The molecule has 3 N–H and O–H groups in total. The minimum Gasteiger partial charge on any atom is -0.374 e. The van der Waals surface area contributed by atoms with Crippen LogP contribution in [0.15, 0.2) is 21.9 Å². The first-order chi connectivity index (χ1) is 13.8. The zero-order chi connectivity index (χ0) is 22.9. The molecule has 1 saturated heterocycles. The van der Waals surface area contributed by atoms with Crippen molar-refractivity contribution in [3.63, 3.8) is 0 Å². The number of hydrogen-bond acceptors (Lipinski definition) is 10. The molecule has 0 aromatic carbocycles. The lowest BCUT2D eigenvalue weighted by molar-refractivity contribution is -0.0772.